The second kappa shape index (κ2) is 6.53. The molecule has 142 valence electrons. The molecule has 0 saturated carbocycles. The van der Waals surface area contributed by atoms with E-state index in [1.165, 1.54) is 12.1 Å². The molecule has 0 aliphatic rings. The van der Waals surface area contributed by atoms with Crippen LogP contribution in [0.15, 0.2) is 97.1 Å². The SMILES string of the molecule is Fc1ccc(-c2cc(-c3ccccc3)c3cc4nc5ccccc5c4cc3[nH]2)cc1. The largest absolute Gasteiger partial charge is 0.354 e. The van der Waals surface area contributed by atoms with Gasteiger partial charge in [-0.15, -0.1) is 0 Å². The van der Waals surface area contributed by atoms with E-state index in [0.717, 1.165) is 55.1 Å². The van der Waals surface area contributed by atoms with Crippen molar-refractivity contribution in [3.05, 3.63) is 103 Å². The lowest BCUT2D eigenvalue weighted by Crippen LogP contribution is -1.90. The van der Waals surface area contributed by atoms with Gasteiger partial charge in [-0.2, -0.15) is 0 Å². The standard InChI is InChI=1S/C27H17FN2/c28-19-12-10-18(11-13-19)25-14-21(17-6-2-1-3-7-17)23-16-26-22(15-27(23)30-25)20-8-4-5-9-24(20)29-26/h1-16,30H. The maximum atomic E-state index is 13.5. The van der Waals surface area contributed by atoms with Crippen molar-refractivity contribution in [1.29, 1.82) is 0 Å². The summed E-state index contributed by atoms with van der Waals surface area (Å²) in [5.74, 6) is -0.237. The lowest BCUT2D eigenvalue weighted by molar-refractivity contribution is 0.628. The molecule has 0 radical (unpaired) electrons. The molecular formula is C27H17FN2. The van der Waals surface area contributed by atoms with Crippen molar-refractivity contribution in [3.63, 3.8) is 0 Å². The molecule has 2 nitrogen and oxygen atoms in total. The molecule has 0 aliphatic heterocycles. The molecule has 0 spiro atoms. The lowest BCUT2D eigenvalue weighted by atomic mass is 9.97. The van der Waals surface area contributed by atoms with Crippen LogP contribution in [0.5, 0.6) is 0 Å². The Labute approximate surface area is 172 Å². The second-order valence-corrected chi connectivity index (χ2v) is 7.51. The molecule has 0 bridgehead atoms. The molecule has 30 heavy (non-hydrogen) atoms. The molecule has 0 saturated heterocycles. The predicted octanol–water partition coefficient (Wildman–Crippen LogP) is 7.34. The molecule has 0 unspecified atom stereocenters. The summed E-state index contributed by atoms with van der Waals surface area (Å²) < 4.78 is 13.5. The Bertz CT molecular complexity index is 1530. The van der Waals surface area contributed by atoms with E-state index in [9.17, 15) is 4.39 Å². The van der Waals surface area contributed by atoms with E-state index in [0.29, 0.717) is 0 Å². The average Bonchev–Trinajstić information content (AvgIpc) is 3.15. The van der Waals surface area contributed by atoms with Crippen LogP contribution in [0.3, 0.4) is 0 Å². The van der Waals surface area contributed by atoms with E-state index in [-0.39, 0.29) is 5.82 Å². The number of benzene rings is 4. The number of para-hydroxylation sites is 1. The highest BCUT2D eigenvalue weighted by Gasteiger charge is 2.13. The Hall–Kier alpha value is -3.98. The van der Waals surface area contributed by atoms with Crippen LogP contribution in [-0.4, -0.2) is 9.97 Å². The predicted molar refractivity (Wildman–Crippen MR) is 122 cm³/mol. The minimum Gasteiger partial charge on any atom is -0.354 e. The van der Waals surface area contributed by atoms with Crippen LogP contribution >= 0.6 is 0 Å². The van der Waals surface area contributed by atoms with E-state index in [2.05, 4.69) is 41.4 Å². The summed E-state index contributed by atoms with van der Waals surface area (Å²) in [5, 5.41) is 3.39. The normalized spacial score (nSPS) is 11.5. The molecule has 0 fully saturated rings. The monoisotopic (exact) mass is 388 g/mol. The van der Waals surface area contributed by atoms with Gasteiger partial charge in [0.05, 0.1) is 11.0 Å². The van der Waals surface area contributed by atoms with Crippen molar-refractivity contribution in [2.75, 3.05) is 0 Å². The molecule has 6 rings (SSSR count). The van der Waals surface area contributed by atoms with Gasteiger partial charge in [0.15, 0.2) is 0 Å². The summed E-state index contributed by atoms with van der Waals surface area (Å²) in [5.41, 5.74) is 7.17. The number of fused-ring (bicyclic) bond motifs is 4. The quantitative estimate of drug-likeness (QED) is 0.330. The molecule has 1 N–H and O–H groups in total. The van der Waals surface area contributed by atoms with Gasteiger partial charge in [-0.05, 0) is 65.2 Å². The number of pyridine rings is 1. The molecule has 0 atom stereocenters. The Kier molecular flexibility index (Phi) is 3.68. The topological polar surface area (TPSA) is 28.7 Å². The zero-order valence-electron chi connectivity index (χ0n) is 16.1. The van der Waals surface area contributed by atoms with Gasteiger partial charge < -0.3 is 4.98 Å². The fourth-order valence-electron chi connectivity index (χ4n) is 4.20. The number of nitrogens with one attached hydrogen (secondary N) is 1. The van der Waals surface area contributed by atoms with Crippen molar-refractivity contribution in [3.8, 4) is 22.4 Å². The van der Waals surface area contributed by atoms with Crippen LogP contribution in [0.25, 0.3) is 55.1 Å². The first-order valence-electron chi connectivity index (χ1n) is 9.93. The van der Waals surface area contributed by atoms with Crippen molar-refractivity contribution in [1.82, 2.24) is 9.97 Å². The number of H-pyrrole nitrogens is 1. The van der Waals surface area contributed by atoms with Crippen LogP contribution in [-0.2, 0) is 0 Å². The van der Waals surface area contributed by atoms with Gasteiger partial charge in [-0.1, -0.05) is 48.5 Å². The van der Waals surface area contributed by atoms with Crippen LogP contribution in [0.2, 0.25) is 0 Å². The average molecular weight is 388 g/mol. The highest BCUT2D eigenvalue weighted by Crippen LogP contribution is 2.36. The second-order valence-electron chi connectivity index (χ2n) is 7.51. The van der Waals surface area contributed by atoms with Crippen LogP contribution in [0.1, 0.15) is 0 Å². The van der Waals surface area contributed by atoms with E-state index < -0.39 is 0 Å². The first-order valence-corrected chi connectivity index (χ1v) is 9.93. The number of aromatic nitrogens is 2. The van der Waals surface area contributed by atoms with Gasteiger partial charge in [0, 0.05) is 27.4 Å². The third kappa shape index (κ3) is 2.67. The summed E-state index contributed by atoms with van der Waals surface area (Å²) >= 11 is 0. The van der Waals surface area contributed by atoms with Crippen LogP contribution in [0.4, 0.5) is 4.39 Å². The van der Waals surface area contributed by atoms with Gasteiger partial charge in [-0.25, -0.2) is 9.37 Å². The van der Waals surface area contributed by atoms with E-state index >= 15 is 0 Å². The summed E-state index contributed by atoms with van der Waals surface area (Å²) in [6.07, 6.45) is 0. The Morgan fingerprint density at radius 1 is 0.600 bits per heavy atom. The molecule has 0 aliphatic carbocycles. The summed E-state index contributed by atoms with van der Waals surface area (Å²) in [4.78, 5) is 8.40. The highest BCUT2D eigenvalue weighted by atomic mass is 19.1. The van der Waals surface area contributed by atoms with Crippen LogP contribution in [0, 0.1) is 5.82 Å². The lowest BCUT2D eigenvalue weighted by Gasteiger charge is -2.12. The van der Waals surface area contributed by atoms with E-state index in [4.69, 9.17) is 4.98 Å². The number of hydrogen-bond donors (Lipinski definition) is 1. The number of nitrogens with zero attached hydrogens (tertiary/aromatic N) is 1. The van der Waals surface area contributed by atoms with Gasteiger partial charge in [0.25, 0.3) is 0 Å². The van der Waals surface area contributed by atoms with Crippen molar-refractivity contribution in [2.45, 2.75) is 0 Å². The zero-order valence-corrected chi connectivity index (χ0v) is 16.1. The summed E-state index contributed by atoms with van der Waals surface area (Å²) in [7, 11) is 0. The smallest absolute Gasteiger partial charge is 0.123 e. The third-order valence-electron chi connectivity index (χ3n) is 5.66. The van der Waals surface area contributed by atoms with Gasteiger partial charge >= 0.3 is 0 Å². The van der Waals surface area contributed by atoms with Crippen LogP contribution < -0.4 is 0 Å². The molecule has 0 amide bonds. The fourth-order valence-corrected chi connectivity index (χ4v) is 4.20. The molecule has 6 aromatic rings. The molecule has 2 heterocycles. The van der Waals surface area contributed by atoms with E-state index in [1.807, 2.05) is 36.4 Å². The number of halogens is 1. The maximum Gasteiger partial charge on any atom is 0.123 e. The molecular weight excluding hydrogens is 371 g/mol. The Morgan fingerprint density at radius 2 is 1.37 bits per heavy atom. The Balaban J connectivity index is 1.71. The number of aromatic amines is 1. The minimum absolute atomic E-state index is 0.237. The highest BCUT2D eigenvalue weighted by molar-refractivity contribution is 6.13. The minimum atomic E-state index is -0.237. The number of rotatable bonds is 2. The summed E-state index contributed by atoms with van der Waals surface area (Å²) in [6, 6.07) is 31.6. The van der Waals surface area contributed by atoms with Gasteiger partial charge in [-0.3, -0.25) is 0 Å². The zero-order chi connectivity index (χ0) is 20.1. The summed E-state index contributed by atoms with van der Waals surface area (Å²) in [6.45, 7) is 0. The fraction of sp³-hybridized carbons (Fsp3) is 0. The number of hydrogen-bond acceptors (Lipinski definition) is 1. The molecule has 3 heteroatoms. The third-order valence-corrected chi connectivity index (χ3v) is 5.66. The molecule has 4 aromatic carbocycles. The van der Waals surface area contributed by atoms with Gasteiger partial charge in [0.2, 0.25) is 0 Å². The first kappa shape index (κ1) is 16.9. The van der Waals surface area contributed by atoms with Crippen molar-refractivity contribution < 1.29 is 4.39 Å². The first-order chi connectivity index (χ1) is 14.8. The van der Waals surface area contributed by atoms with E-state index in [1.54, 1.807) is 12.1 Å². The maximum absolute atomic E-state index is 13.5. The molecule has 2 aromatic heterocycles. The Morgan fingerprint density at radius 3 is 2.20 bits per heavy atom. The van der Waals surface area contributed by atoms with Gasteiger partial charge in [0.1, 0.15) is 5.82 Å². The van der Waals surface area contributed by atoms with Crippen molar-refractivity contribution in [2.24, 2.45) is 0 Å². The van der Waals surface area contributed by atoms with Crippen molar-refractivity contribution >= 4 is 32.7 Å².